The summed E-state index contributed by atoms with van der Waals surface area (Å²) in [7, 11) is 0. The lowest BCUT2D eigenvalue weighted by Gasteiger charge is -2.08. The Morgan fingerprint density at radius 1 is 0.284 bits per heavy atom. The van der Waals surface area contributed by atoms with Crippen molar-refractivity contribution < 1.29 is 8.83 Å². The number of furan rings is 2. The molecule has 5 heterocycles. The van der Waals surface area contributed by atoms with E-state index in [-0.39, 0.29) is 0 Å². The molecule has 0 fully saturated rings. The Balaban J connectivity index is 0.00000211. The maximum absolute atomic E-state index is 6.45. The Hall–Kier alpha value is -8.38. The zero-order valence-electron chi connectivity index (χ0n) is 36.7. The fourth-order valence-corrected chi connectivity index (χ4v) is 11.8. The van der Waals surface area contributed by atoms with E-state index in [1.54, 1.807) is 0 Å². The molecule has 316 valence electrons. The number of rotatable bonds is 4. The highest BCUT2D eigenvalue weighted by atomic mass is 32.1. The average Bonchev–Trinajstić information content (AvgIpc) is 4.20. The van der Waals surface area contributed by atoms with E-state index >= 15 is 0 Å². The van der Waals surface area contributed by atoms with Crippen LogP contribution >= 0.6 is 11.3 Å². The average molecular weight is 877 g/mol. The first-order valence-electron chi connectivity index (χ1n) is 23.1. The molecular weight excluding hydrogens is 837 g/mol. The molecule has 0 aliphatic heterocycles. The van der Waals surface area contributed by atoms with Gasteiger partial charge in [-0.25, -0.2) is 0 Å². The van der Waals surface area contributed by atoms with E-state index in [0.29, 0.717) is 0 Å². The van der Waals surface area contributed by atoms with E-state index < -0.39 is 0 Å². The first-order chi connectivity index (χ1) is 33.2. The Labute approximate surface area is 388 Å². The fraction of sp³-hybridized carbons (Fsp3) is 0.0323. The van der Waals surface area contributed by atoms with E-state index in [4.69, 9.17) is 8.83 Å². The molecule has 0 aliphatic rings. The maximum Gasteiger partial charge on any atom is 0.135 e. The molecule has 0 N–H and O–H groups in total. The monoisotopic (exact) mass is 876 g/mol. The molecule has 0 saturated heterocycles. The standard InChI is InChI=1S/C60H34N2O2S.C2H6/c1-5-13-51-41(9-1)42-10-2-6-14-52(42)61(51)39-21-25-57-47(33-39)45-29-35(17-23-55(45)63-57)37-19-27-59-49(31-37)50-32-38(20-28-60(50)65-59)36-18-24-56-46(30-36)48-34-40(22-26-58(48)64-56)62-53-15-7-3-11-43(53)44-12-4-8-16-54(44)62;1-2/h1-34H;1-2H3. The Kier molecular flexibility index (Phi) is 8.25. The molecule has 0 saturated carbocycles. The van der Waals surface area contributed by atoms with Crippen LogP contribution in [0.25, 0.3) is 141 Å². The van der Waals surface area contributed by atoms with Gasteiger partial charge in [-0.15, -0.1) is 11.3 Å². The Morgan fingerprint density at radius 2 is 0.582 bits per heavy atom. The molecule has 67 heavy (non-hydrogen) atoms. The van der Waals surface area contributed by atoms with Gasteiger partial charge in [-0.3, -0.25) is 0 Å². The van der Waals surface area contributed by atoms with Gasteiger partial charge >= 0.3 is 0 Å². The van der Waals surface area contributed by atoms with Crippen molar-refractivity contribution in [3.63, 3.8) is 0 Å². The largest absolute Gasteiger partial charge is 0.456 e. The van der Waals surface area contributed by atoms with E-state index in [1.807, 2.05) is 25.2 Å². The van der Waals surface area contributed by atoms with Crippen molar-refractivity contribution in [3.05, 3.63) is 206 Å². The van der Waals surface area contributed by atoms with Gasteiger partial charge in [0, 0.05) is 74.6 Å². The smallest absolute Gasteiger partial charge is 0.135 e. The number of thiophene rings is 1. The number of para-hydroxylation sites is 4. The number of nitrogens with zero attached hydrogens (tertiary/aromatic N) is 2. The van der Waals surface area contributed by atoms with Gasteiger partial charge in [0.2, 0.25) is 0 Å². The fourth-order valence-electron chi connectivity index (χ4n) is 10.7. The molecule has 5 aromatic heterocycles. The second-order valence-electron chi connectivity index (χ2n) is 17.3. The topological polar surface area (TPSA) is 36.1 Å². The lowest BCUT2D eigenvalue weighted by Crippen LogP contribution is -1.93. The van der Waals surface area contributed by atoms with Gasteiger partial charge in [0.05, 0.1) is 22.1 Å². The molecule has 0 atom stereocenters. The van der Waals surface area contributed by atoms with Gasteiger partial charge in [-0.1, -0.05) is 111 Å². The summed E-state index contributed by atoms with van der Waals surface area (Å²) in [5, 5.41) is 12.0. The van der Waals surface area contributed by atoms with Gasteiger partial charge in [0.1, 0.15) is 22.3 Å². The molecule has 0 unspecified atom stereocenters. The van der Waals surface area contributed by atoms with Crippen LogP contribution < -0.4 is 0 Å². The number of hydrogen-bond acceptors (Lipinski definition) is 3. The van der Waals surface area contributed by atoms with Gasteiger partial charge in [-0.05, 0) is 131 Å². The quantitative estimate of drug-likeness (QED) is 0.177. The molecular formula is C62H40N2O2S. The van der Waals surface area contributed by atoms with Crippen molar-refractivity contribution in [1.29, 1.82) is 0 Å². The normalized spacial score (nSPS) is 12.0. The van der Waals surface area contributed by atoms with Gasteiger partial charge in [-0.2, -0.15) is 0 Å². The third-order valence-electron chi connectivity index (χ3n) is 13.7. The van der Waals surface area contributed by atoms with Crippen LogP contribution in [0.5, 0.6) is 0 Å². The highest BCUT2D eigenvalue weighted by Crippen LogP contribution is 2.42. The Bertz CT molecular complexity index is 4100. The van der Waals surface area contributed by atoms with Crippen LogP contribution in [0.1, 0.15) is 13.8 Å². The molecule has 15 aromatic rings. The number of aromatic nitrogens is 2. The van der Waals surface area contributed by atoms with Crippen LogP contribution in [0.3, 0.4) is 0 Å². The first kappa shape index (κ1) is 37.9. The van der Waals surface area contributed by atoms with Crippen LogP contribution in [0.15, 0.2) is 215 Å². The van der Waals surface area contributed by atoms with Crippen LogP contribution in [0.2, 0.25) is 0 Å². The van der Waals surface area contributed by atoms with Crippen LogP contribution in [0.4, 0.5) is 0 Å². The minimum absolute atomic E-state index is 0.888. The van der Waals surface area contributed by atoms with Crippen molar-refractivity contribution in [2.24, 2.45) is 0 Å². The van der Waals surface area contributed by atoms with E-state index in [0.717, 1.165) is 66.4 Å². The summed E-state index contributed by atoms with van der Waals surface area (Å²) in [6.45, 7) is 4.00. The summed E-state index contributed by atoms with van der Waals surface area (Å²) in [6, 6.07) is 74.9. The SMILES string of the molecule is CC.c1ccc2c(c1)c1ccccc1n2-c1ccc2oc3ccc(-c4ccc5sc6ccc(-c7ccc8oc9ccc(-n%10c%11ccccc%11c%11ccccc%11%10)cc9c8c7)cc6c5c4)cc3c2c1. The molecule has 15 rings (SSSR count). The summed E-state index contributed by atoms with van der Waals surface area (Å²) in [5.41, 5.74) is 15.3. The summed E-state index contributed by atoms with van der Waals surface area (Å²) >= 11 is 1.85. The molecule has 5 heteroatoms. The summed E-state index contributed by atoms with van der Waals surface area (Å²) in [5.74, 6) is 0. The Morgan fingerprint density at radius 3 is 0.955 bits per heavy atom. The second kappa shape index (κ2) is 14.6. The van der Waals surface area contributed by atoms with Gasteiger partial charge < -0.3 is 18.0 Å². The van der Waals surface area contributed by atoms with Crippen molar-refractivity contribution in [3.8, 4) is 33.6 Å². The van der Waals surface area contributed by atoms with Crippen molar-refractivity contribution in [1.82, 2.24) is 9.13 Å². The van der Waals surface area contributed by atoms with Gasteiger partial charge in [0.25, 0.3) is 0 Å². The number of hydrogen-bond donors (Lipinski definition) is 0. The van der Waals surface area contributed by atoms with Crippen molar-refractivity contribution in [2.75, 3.05) is 0 Å². The van der Waals surface area contributed by atoms with E-state index in [1.165, 1.54) is 74.9 Å². The lowest BCUT2D eigenvalue weighted by molar-refractivity contribution is 0.668. The molecule has 0 bridgehead atoms. The van der Waals surface area contributed by atoms with Crippen molar-refractivity contribution >= 4 is 119 Å². The zero-order chi connectivity index (χ0) is 44.3. The minimum Gasteiger partial charge on any atom is -0.456 e. The number of benzene rings is 10. The van der Waals surface area contributed by atoms with Crippen LogP contribution in [-0.2, 0) is 0 Å². The van der Waals surface area contributed by atoms with E-state index in [2.05, 4.69) is 215 Å². The minimum atomic E-state index is 0.888. The first-order valence-corrected chi connectivity index (χ1v) is 23.9. The van der Waals surface area contributed by atoms with Crippen LogP contribution in [-0.4, -0.2) is 9.13 Å². The summed E-state index contributed by atoms with van der Waals surface area (Å²) < 4.78 is 20.2. The zero-order valence-corrected chi connectivity index (χ0v) is 37.6. The highest BCUT2D eigenvalue weighted by molar-refractivity contribution is 7.25. The molecule has 0 spiro atoms. The molecule has 0 amide bonds. The number of fused-ring (bicyclic) bond motifs is 15. The molecule has 10 aromatic carbocycles. The molecule has 0 radical (unpaired) electrons. The summed E-state index contributed by atoms with van der Waals surface area (Å²) in [6.07, 6.45) is 0. The molecule has 4 nitrogen and oxygen atoms in total. The molecule has 0 aliphatic carbocycles. The second-order valence-corrected chi connectivity index (χ2v) is 18.3. The lowest BCUT2D eigenvalue weighted by atomic mass is 9.98. The third kappa shape index (κ3) is 5.65. The maximum atomic E-state index is 6.45. The highest BCUT2D eigenvalue weighted by Gasteiger charge is 2.18. The third-order valence-corrected chi connectivity index (χ3v) is 14.9. The van der Waals surface area contributed by atoms with E-state index in [9.17, 15) is 0 Å². The predicted molar refractivity (Wildman–Crippen MR) is 285 cm³/mol. The van der Waals surface area contributed by atoms with Crippen molar-refractivity contribution in [2.45, 2.75) is 13.8 Å². The summed E-state index contributed by atoms with van der Waals surface area (Å²) in [4.78, 5) is 0. The van der Waals surface area contributed by atoms with Gasteiger partial charge in [0.15, 0.2) is 0 Å². The van der Waals surface area contributed by atoms with Crippen LogP contribution in [0, 0.1) is 0 Å². The predicted octanol–water partition coefficient (Wildman–Crippen LogP) is 18.4.